The first-order valence-corrected chi connectivity index (χ1v) is 6.12. The zero-order valence-corrected chi connectivity index (χ0v) is 11.8. The van der Waals surface area contributed by atoms with Gasteiger partial charge in [0, 0.05) is 12.1 Å². The number of ether oxygens (including phenoxy) is 2. The topological polar surface area (TPSA) is 50.7 Å². The van der Waals surface area contributed by atoms with Crippen LogP contribution >= 0.6 is 0 Å². The molecule has 4 heteroatoms. The number of hydrogen-bond donors (Lipinski definition) is 2. The molecule has 0 aliphatic rings. The van der Waals surface area contributed by atoms with Gasteiger partial charge in [-0.3, -0.25) is 0 Å². The van der Waals surface area contributed by atoms with Gasteiger partial charge in [0.05, 0.1) is 14.2 Å². The SMILES string of the molecule is CCc1cc(OC)c(C(C)(O)CNC)cc1OC. The molecule has 4 nitrogen and oxygen atoms in total. The van der Waals surface area contributed by atoms with Gasteiger partial charge in [0.15, 0.2) is 0 Å². The number of nitrogens with one attached hydrogen (secondary N) is 1. The van der Waals surface area contributed by atoms with Crippen molar-refractivity contribution in [2.24, 2.45) is 0 Å². The van der Waals surface area contributed by atoms with Crippen molar-refractivity contribution < 1.29 is 14.6 Å². The smallest absolute Gasteiger partial charge is 0.125 e. The maximum Gasteiger partial charge on any atom is 0.125 e. The Hall–Kier alpha value is -1.26. The number of aryl methyl sites for hydroxylation is 1. The van der Waals surface area contributed by atoms with Crippen LogP contribution in [0.2, 0.25) is 0 Å². The van der Waals surface area contributed by atoms with Gasteiger partial charge >= 0.3 is 0 Å². The summed E-state index contributed by atoms with van der Waals surface area (Å²) < 4.78 is 10.7. The van der Waals surface area contributed by atoms with Crippen LogP contribution in [-0.4, -0.2) is 32.9 Å². The third-order valence-electron chi connectivity index (χ3n) is 3.08. The van der Waals surface area contributed by atoms with Crippen molar-refractivity contribution in [1.82, 2.24) is 5.32 Å². The number of methoxy groups -OCH3 is 2. The predicted molar refractivity (Wildman–Crippen MR) is 72.4 cm³/mol. The van der Waals surface area contributed by atoms with Crippen LogP contribution in [-0.2, 0) is 12.0 Å². The van der Waals surface area contributed by atoms with E-state index < -0.39 is 5.60 Å². The van der Waals surface area contributed by atoms with Crippen molar-refractivity contribution in [3.8, 4) is 11.5 Å². The molecule has 0 aliphatic heterocycles. The molecule has 102 valence electrons. The van der Waals surface area contributed by atoms with Gasteiger partial charge in [-0.15, -0.1) is 0 Å². The van der Waals surface area contributed by atoms with E-state index in [4.69, 9.17) is 9.47 Å². The lowest BCUT2D eigenvalue weighted by atomic mass is 9.92. The molecule has 0 spiro atoms. The summed E-state index contributed by atoms with van der Waals surface area (Å²) in [6.07, 6.45) is 0.855. The van der Waals surface area contributed by atoms with Gasteiger partial charge in [0.1, 0.15) is 17.1 Å². The normalized spacial score (nSPS) is 14.1. The summed E-state index contributed by atoms with van der Waals surface area (Å²) in [5.74, 6) is 1.47. The van der Waals surface area contributed by atoms with Gasteiger partial charge in [0.2, 0.25) is 0 Å². The summed E-state index contributed by atoms with van der Waals surface area (Å²) in [5, 5.41) is 13.5. The Morgan fingerprint density at radius 3 is 2.28 bits per heavy atom. The van der Waals surface area contributed by atoms with E-state index in [-0.39, 0.29) is 0 Å². The molecule has 0 aliphatic carbocycles. The van der Waals surface area contributed by atoms with Gasteiger partial charge in [-0.05, 0) is 38.1 Å². The third kappa shape index (κ3) is 2.94. The summed E-state index contributed by atoms with van der Waals surface area (Å²) in [6.45, 7) is 4.26. The molecule has 0 saturated carbocycles. The Labute approximate surface area is 109 Å². The number of likely N-dealkylation sites (N-methyl/N-ethyl adjacent to an activating group) is 1. The maximum absolute atomic E-state index is 10.5. The van der Waals surface area contributed by atoms with E-state index in [1.165, 1.54) is 0 Å². The lowest BCUT2D eigenvalue weighted by Crippen LogP contribution is -2.34. The summed E-state index contributed by atoms with van der Waals surface area (Å²) in [4.78, 5) is 0. The molecule has 0 bridgehead atoms. The van der Waals surface area contributed by atoms with E-state index in [1.807, 2.05) is 12.1 Å². The Morgan fingerprint density at radius 2 is 1.83 bits per heavy atom. The number of hydrogen-bond acceptors (Lipinski definition) is 4. The van der Waals surface area contributed by atoms with Crippen molar-refractivity contribution >= 4 is 0 Å². The first kappa shape index (κ1) is 14.8. The fourth-order valence-electron chi connectivity index (χ4n) is 2.10. The molecule has 1 unspecified atom stereocenters. The van der Waals surface area contributed by atoms with Crippen molar-refractivity contribution in [2.45, 2.75) is 25.9 Å². The standard InChI is InChI=1S/C14H23NO3/c1-6-10-7-13(18-5)11(8-12(10)17-4)14(2,16)9-15-3/h7-8,15-16H,6,9H2,1-5H3. The second-order valence-electron chi connectivity index (χ2n) is 4.52. The van der Waals surface area contributed by atoms with Crippen LogP contribution in [0.3, 0.4) is 0 Å². The predicted octanol–water partition coefficient (Wildman–Crippen LogP) is 1.69. The van der Waals surface area contributed by atoms with E-state index in [2.05, 4.69) is 12.2 Å². The highest BCUT2D eigenvalue weighted by atomic mass is 16.5. The van der Waals surface area contributed by atoms with Crippen molar-refractivity contribution in [1.29, 1.82) is 0 Å². The number of aliphatic hydroxyl groups is 1. The molecule has 0 radical (unpaired) electrons. The molecule has 0 heterocycles. The van der Waals surface area contributed by atoms with Gasteiger partial charge < -0.3 is 19.9 Å². The molecule has 0 fully saturated rings. The molecular formula is C14H23NO3. The van der Waals surface area contributed by atoms with Crippen LogP contribution in [0, 0.1) is 0 Å². The van der Waals surface area contributed by atoms with E-state index in [0.717, 1.165) is 23.3 Å². The third-order valence-corrected chi connectivity index (χ3v) is 3.08. The van der Waals surface area contributed by atoms with E-state index in [1.54, 1.807) is 28.2 Å². The number of benzene rings is 1. The first-order chi connectivity index (χ1) is 8.50. The average molecular weight is 253 g/mol. The monoisotopic (exact) mass is 253 g/mol. The van der Waals surface area contributed by atoms with Crippen LogP contribution in [0.1, 0.15) is 25.0 Å². The van der Waals surface area contributed by atoms with E-state index in [9.17, 15) is 5.11 Å². The summed E-state index contributed by atoms with van der Waals surface area (Å²) in [6, 6.07) is 3.79. The van der Waals surface area contributed by atoms with E-state index in [0.29, 0.717) is 12.3 Å². The second-order valence-corrected chi connectivity index (χ2v) is 4.52. The van der Waals surface area contributed by atoms with Crippen LogP contribution in [0.5, 0.6) is 11.5 Å². The molecule has 0 amide bonds. The van der Waals surface area contributed by atoms with Crippen molar-refractivity contribution in [2.75, 3.05) is 27.8 Å². The van der Waals surface area contributed by atoms with Gasteiger partial charge in [-0.2, -0.15) is 0 Å². The summed E-state index contributed by atoms with van der Waals surface area (Å²) in [5.41, 5.74) is 0.798. The Kier molecular flexibility index (Phi) is 4.99. The zero-order valence-electron chi connectivity index (χ0n) is 11.8. The van der Waals surface area contributed by atoms with E-state index >= 15 is 0 Å². The number of rotatable bonds is 6. The summed E-state index contributed by atoms with van der Waals surface area (Å²) in [7, 11) is 5.05. The largest absolute Gasteiger partial charge is 0.496 e. The second kappa shape index (κ2) is 6.07. The molecule has 0 saturated heterocycles. The Bertz CT molecular complexity index is 402. The minimum absolute atomic E-state index is 0.442. The fourth-order valence-corrected chi connectivity index (χ4v) is 2.10. The minimum atomic E-state index is -1.00. The molecular weight excluding hydrogens is 230 g/mol. The zero-order chi connectivity index (χ0) is 13.8. The molecule has 0 aromatic heterocycles. The molecule has 2 N–H and O–H groups in total. The highest BCUT2D eigenvalue weighted by molar-refractivity contribution is 5.49. The fraction of sp³-hybridized carbons (Fsp3) is 0.571. The highest BCUT2D eigenvalue weighted by Crippen LogP contribution is 2.35. The average Bonchev–Trinajstić information content (AvgIpc) is 2.36. The minimum Gasteiger partial charge on any atom is -0.496 e. The molecule has 1 rings (SSSR count). The van der Waals surface area contributed by atoms with Gasteiger partial charge in [-0.25, -0.2) is 0 Å². The highest BCUT2D eigenvalue weighted by Gasteiger charge is 2.27. The lowest BCUT2D eigenvalue weighted by molar-refractivity contribution is 0.0562. The van der Waals surface area contributed by atoms with Crippen LogP contribution in [0.25, 0.3) is 0 Å². The maximum atomic E-state index is 10.5. The lowest BCUT2D eigenvalue weighted by Gasteiger charge is -2.26. The molecule has 1 aromatic carbocycles. The molecule has 1 aromatic rings. The molecule has 18 heavy (non-hydrogen) atoms. The van der Waals surface area contributed by atoms with Crippen molar-refractivity contribution in [3.05, 3.63) is 23.3 Å². The van der Waals surface area contributed by atoms with Gasteiger partial charge in [0.25, 0.3) is 0 Å². The van der Waals surface area contributed by atoms with Crippen LogP contribution in [0.4, 0.5) is 0 Å². The Morgan fingerprint density at radius 1 is 1.22 bits per heavy atom. The van der Waals surface area contributed by atoms with Crippen LogP contribution < -0.4 is 14.8 Å². The summed E-state index contributed by atoms with van der Waals surface area (Å²) >= 11 is 0. The van der Waals surface area contributed by atoms with Gasteiger partial charge in [-0.1, -0.05) is 6.92 Å². The quantitative estimate of drug-likeness (QED) is 0.810. The van der Waals surface area contributed by atoms with Crippen LogP contribution in [0.15, 0.2) is 12.1 Å². The van der Waals surface area contributed by atoms with Crippen molar-refractivity contribution in [3.63, 3.8) is 0 Å². The first-order valence-electron chi connectivity index (χ1n) is 6.12. The Balaban J connectivity index is 3.33. The molecule has 1 atom stereocenters.